The fraction of sp³-hybridized carbons (Fsp3) is 0.350. The molecule has 0 aliphatic carbocycles. The number of anilines is 1. The molecule has 0 spiro atoms. The van der Waals surface area contributed by atoms with Gasteiger partial charge >= 0.3 is 0 Å². The molecule has 0 bridgehead atoms. The van der Waals surface area contributed by atoms with Crippen LogP contribution < -0.4 is 4.90 Å². The minimum atomic E-state index is -0.588. The molecule has 2 aromatic heterocycles. The molecular formula is C20H22N6O3. The van der Waals surface area contributed by atoms with Crippen LogP contribution in [0.25, 0.3) is 11.4 Å². The number of imidazole rings is 1. The van der Waals surface area contributed by atoms with Crippen molar-refractivity contribution in [3.8, 4) is 11.4 Å². The molecule has 150 valence electrons. The van der Waals surface area contributed by atoms with Crippen molar-refractivity contribution in [2.24, 2.45) is 5.92 Å². The predicted molar refractivity (Wildman–Crippen MR) is 107 cm³/mol. The zero-order chi connectivity index (χ0) is 20.4. The Kier molecular flexibility index (Phi) is 5.22. The molecule has 1 atom stereocenters. The molecule has 1 aromatic carbocycles. The number of aromatic amines is 1. The molecule has 9 heteroatoms. The van der Waals surface area contributed by atoms with Crippen molar-refractivity contribution >= 4 is 11.5 Å². The number of aliphatic hydroxyl groups excluding tert-OH is 1. The van der Waals surface area contributed by atoms with Crippen LogP contribution in [0, 0.1) is 23.0 Å². The molecule has 3 aromatic rings. The lowest BCUT2D eigenvalue weighted by Crippen LogP contribution is -2.36. The minimum Gasteiger partial charge on any atom is -0.385 e. The molecule has 1 aliphatic heterocycles. The summed E-state index contributed by atoms with van der Waals surface area (Å²) < 4.78 is 0. The van der Waals surface area contributed by atoms with E-state index in [0.29, 0.717) is 11.6 Å². The van der Waals surface area contributed by atoms with Crippen LogP contribution in [0.5, 0.6) is 0 Å². The van der Waals surface area contributed by atoms with Crippen LogP contribution in [0.15, 0.2) is 42.7 Å². The summed E-state index contributed by atoms with van der Waals surface area (Å²) in [6.07, 6.45) is 4.44. The highest BCUT2D eigenvalue weighted by Gasteiger charge is 2.28. The number of piperidine rings is 1. The summed E-state index contributed by atoms with van der Waals surface area (Å²) in [5, 5.41) is 21.4. The van der Waals surface area contributed by atoms with E-state index in [0.717, 1.165) is 43.0 Å². The first kappa shape index (κ1) is 19.0. The van der Waals surface area contributed by atoms with Gasteiger partial charge in [-0.25, -0.2) is 15.0 Å². The highest BCUT2D eigenvalue weighted by Crippen LogP contribution is 2.31. The molecule has 4 rings (SSSR count). The number of nitro benzene ring substituents is 1. The van der Waals surface area contributed by atoms with Crippen LogP contribution in [0.4, 0.5) is 11.5 Å². The second-order valence-electron chi connectivity index (χ2n) is 7.24. The maximum Gasteiger partial charge on any atom is 0.269 e. The number of rotatable bonds is 5. The maximum atomic E-state index is 10.9. The van der Waals surface area contributed by atoms with E-state index >= 15 is 0 Å². The number of aliphatic hydroxyl groups is 1. The van der Waals surface area contributed by atoms with Crippen LogP contribution in [-0.4, -0.2) is 43.1 Å². The fourth-order valence-electron chi connectivity index (χ4n) is 3.68. The van der Waals surface area contributed by atoms with Crippen LogP contribution in [0.3, 0.4) is 0 Å². The standard InChI is InChI=1S/C20H22N6O3/c1-13-12-17(24-19(23-13)15-2-4-16(5-3-15)26(28)29)25-10-6-14(7-11-25)18(27)20-21-8-9-22-20/h2-5,8-9,12,14,18,27H,6-7,10-11H2,1H3,(H,21,22). The zero-order valence-corrected chi connectivity index (χ0v) is 16.0. The molecule has 3 heterocycles. The van der Waals surface area contributed by atoms with Gasteiger partial charge in [0.1, 0.15) is 17.7 Å². The zero-order valence-electron chi connectivity index (χ0n) is 16.0. The van der Waals surface area contributed by atoms with Crippen LogP contribution in [-0.2, 0) is 0 Å². The molecule has 0 saturated carbocycles. The highest BCUT2D eigenvalue weighted by molar-refractivity contribution is 5.60. The first-order valence-electron chi connectivity index (χ1n) is 9.54. The van der Waals surface area contributed by atoms with Gasteiger partial charge < -0.3 is 15.0 Å². The Balaban J connectivity index is 1.49. The number of H-pyrrole nitrogens is 1. The lowest BCUT2D eigenvalue weighted by molar-refractivity contribution is -0.384. The number of non-ortho nitro benzene ring substituents is 1. The van der Waals surface area contributed by atoms with E-state index in [2.05, 4.69) is 24.8 Å². The van der Waals surface area contributed by atoms with Crippen LogP contribution in [0.1, 0.15) is 30.5 Å². The normalized spacial score (nSPS) is 16.0. The average Bonchev–Trinajstić information content (AvgIpc) is 3.28. The Morgan fingerprint density at radius 3 is 2.59 bits per heavy atom. The molecule has 0 radical (unpaired) electrons. The topological polar surface area (TPSA) is 121 Å². The van der Waals surface area contributed by atoms with Crippen molar-refractivity contribution in [1.82, 2.24) is 19.9 Å². The summed E-state index contributed by atoms with van der Waals surface area (Å²) in [5.74, 6) is 2.14. The summed E-state index contributed by atoms with van der Waals surface area (Å²) in [7, 11) is 0. The van der Waals surface area contributed by atoms with Gasteiger partial charge in [-0.3, -0.25) is 10.1 Å². The second-order valence-corrected chi connectivity index (χ2v) is 7.24. The molecule has 1 saturated heterocycles. The van der Waals surface area contributed by atoms with E-state index in [1.807, 2.05) is 13.0 Å². The third-order valence-electron chi connectivity index (χ3n) is 5.29. The van der Waals surface area contributed by atoms with Gasteiger partial charge in [-0.1, -0.05) is 0 Å². The quantitative estimate of drug-likeness (QED) is 0.504. The Morgan fingerprint density at radius 2 is 1.97 bits per heavy atom. The number of hydrogen-bond acceptors (Lipinski definition) is 7. The van der Waals surface area contributed by atoms with Crippen molar-refractivity contribution in [3.05, 3.63) is 64.4 Å². The van der Waals surface area contributed by atoms with Gasteiger partial charge in [-0.15, -0.1) is 0 Å². The van der Waals surface area contributed by atoms with Crippen LogP contribution >= 0.6 is 0 Å². The lowest BCUT2D eigenvalue weighted by atomic mass is 9.91. The van der Waals surface area contributed by atoms with Gasteiger partial charge in [-0.05, 0) is 37.8 Å². The largest absolute Gasteiger partial charge is 0.385 e. The van der Waals surface area contributed by atoms with Gasteiger partial charge in [0.25, 0.3) is 5.69 Å². The highest BCUT2D eigenvalue weighted by atomic mass is 16.6. The van der Waals surface area contributed by atoms with Crippen molar-refractivity contribution in [1.29, 1.82) is 0 Å². The SMILES string of the molecule is Cc1cc(N2CCC(C(O)c3ncc[nH]3)CC2)nc(-c2ccc([N+](=O)[O-])cc2)n1. The number of benzene rings is 1. The minimum absolute atomic E-state index is 0.0406. The average molecular weight is 394 g/mol. The molecule has 0 amide bonds. The third kappa shape index (κ3) is 4.09. The molecule has 1 fully saturated rings. The first-order valence-corrected chi connectivity index (χ1v) is 9.54. The van der Waals surface area contributed by atoms with Crippen molar-refractivity contribution in [3.63, 3.8) is 0 Å². The number of aromatic nitrogens is 4. The second kappa shape index (κ2) is 7.96. The number of aryl methyl sites for hydroxylation is 1. The van der Waals surface area contributed by atoms with Gasteiger partial charge in [-0.2, -0.15) is 0 Å². The van der Waals surface area contributed by atoms with E-state index in [9.17, 15) is 15.2 Å². The number of nitro groups is 1. The summed E-state index contributed by atoms with van der Waals surface area (Å²) in [4.78, 5) is 28.9. The first-order chi connectivity index (χ1) is 14.0. The fourth-order valence-corrected chi connectivity index (χ4v) is 3.68. The van der Waals surface area contributed by atoms with Crippen LogP contribution in [0.2, 0.25) is 0 Å². The van der Waals surface area contributed by atoms with Crippen molar-refractivity contribution in [2.75, 3.05) is 18.0 Å². The predicted octanol–water partition coefficient (Wildman–Crippen LogP) is 3.03. The Morgan fingerprint density at radius 1 is 1.24 bits per heavy atom. The molecule has 2 N–H and O–H groups in total. The third-order valence-corrected chi connectivity index (χ3v) is 5.29. The smallest absolute Gasteiger partial charge is 0.269 e. The maximum absolute atomic E-state index is 10.9. The van der Waals surface area contributed by atoms with Crippen molar-refractivity contribution < 1.29 is 10.0 Å². The molecule has 1 aliphatic rings. The summed E-state index contributed by atoms with van der Waals surface area (Å²) in [6.45, 7) is 3.46. The Bertz CT molecular complexity index is 982. The van der Waals surface area contributed by atoms with E-state index in [4.69, 9.17) is 0 Å². The summed E-state index contributed by atoms with van der Waals surface area (Å²) in [5.41, 5.74) is 1.61. The van der Waals surface area contributed by atoms with Gasteiger partial charge in [0.2, 0.25) is 0 Å². The molecule has 1 unspecified atom stereocenters. The summed E-state index contributed by atoms with van der Waals surface area (Å²) in [6, 6.07) is 8.20. The van der Waals surface area contributed by atoms with E-state index in [-0.39, 0.29) is 11.6 Å². The lowest BCUT2D eigenvalue weighted by Gasteiger charge is -2.34. The van der Waals surface area contributed by atoms with E-state index in [1.165, 1.54) is 12.1 Å². The molecule has 29 heavy (non-hydrogen) atoms. The molecule has 9 nitrogen and oxygen atoms in total. The van der Waals surface area contributed by atoms with Gasteiger partial charge in [0.05, 0.1) is 4.92 Å². The number of nitrogens with one attached hydrogen (secondary N) is 1. The van der Waals surface area contributed by atoms with Gasteiger partial charge in [0, 0.05) is 54.9 Å². The van der Waals surface area contributed by atoms with Gasteiger partial charge in [0.15, 0.2) is 5.82 Å². The monoisotopic (exact) mass is 394 g/mol. The molecular weight excluding hydrogens is 372 g/mol. The Labute approximate surface area is 167 Å². The number of hydrogen-bond donors (Lipinski definition) is 2. The van der Waals surface area contributed by atoms with E-state index in [1.54, 1.807) is 24.5 Å². The number of nitrogens with zero attached hydrogens (tertiary/aromatic N) is 5. The summed E-state index contributed by atoms with van der Waals surface area (Å²) >= 11 is 0. The van der Waals surface area contributed by atoms with Crippen molar-refractivity contribution in [2.45, 2.75) is 25.9 Å². The van der Waals surface area contributed by atoms with E-state index < -0.39 is 11.0 Å². The Hall–Kier alpha value is -3.33.